The molecule has 2 heterocycles. The highest BCUT2D eigenvalue weighted by Crippen LogP contribution is 2.35. The van der Waals surface area contributed by atoms with Crippen molar-refractivity contribution in [2.24, 2.45) is 0 Å². The van der Waals surface area contributed by atoms with Gasteiger partial charge in [0, 0.05) is 6.20 Å². The van der Waals surface area contributed by atoms with Gasteiger partial charge in [-0.1, -0.05) is 20.8 Å². The minimum absolute atomic E-state index is 0.101. The Bertz CT molecular complexity index is 599. The molecule has 2 rings (SSSR count). The first-order chi connectivity index (χ1) is 11.4. The summed E-state index contributed by atoms with van der Waals surface area (Å²) in [6.45, 7) is 5.96. The van der Waals surface area contributed by atoms with Crippen molar-refractivity contribution in [3.8, 4) is 0 Å². The van der Waals surface area contributed by atoms with Crippen molar-refractivity contribution in [1.82, 2.24) is 9.55 Å². The van der Waals surface area contributed by atoms with Gasteiger partial charge in [-0.3, -0.25) is 4.57 Å². The van der Waals surface area contributed by atoms with E-state index >= 15 is 0 Å². The molecule has 0 spiro atoms. The standard InChI is InChI=1S/C15H27N3O5Si/c1-4-24(5-2,6-3)23-13-10(9-19)22-14(12(13)20)18-8-7-11(16)17-15(18)21/h7-8,10,12-14,19-20H,4-6,9H2,1-3H3,(H2,16,17,21). The number of nitrogens with two attached hydrogens (primary N) is 1. The van der Waals surface area contributed by atoms with E-state index in [1.165, 1.54) is 16.8 Å². The van der Waals surface area contributed by atoms with E-state index in [1.807, 2.05) is 0 Å². The van der Waals surface area contributed by atoms with Crippen LogP contribution in [0.4, 0.5) is 5.82 Å². The first-order valence-electron chi connectivity index (χ1n) is 8.38. The molecule has 0 aromatic carbocycles. The molecule has 8 nitrogen and oxygen atoms in total. The molecule has 9 heteroatoms. The number of hydrogen-bond donors (Lipinski definition) is 3. The summed E-state index contributed by atoms with van der Waals surface area (Å²) in [5.74, 6) is 0.101. The molecular weight excluding hydrogens is 330 g/mol. The van der Waals surface area contributed by atoms with Crippen molar-refractivity contribution in [2.75, 3.05) is 12.3 Å². The van der Waals surface area contributed by atoms with Gasteiger partial charge in [0.05, 0.1) is 6.61 Å². The number of anilines is 1. The number of aliphatic hydroxyl groups excluding tert-OH is 2. The van der Waals surface area contributed by atoms with Gasteiger partial charge in [0.15, 0.2) is 14.5 Å². The Morgan fingerprint density at radius 1 is 1.38 bits per heavy atom. The zero-order chi connectivity index (χ0) is 17.9. The van der Waals surface area contributed by atoms with Crippen LogP contribution in [0.15, 0.2) is 17.1 Å². The van der Waals surface area contributed by atoms with Gasteiger partial charge in [0.25, 0.3) is 0 Å². The highest BCUT2D eigenvalue weighted by Gasteiger charge is 2.48. The molecule has 24 heavy (non-hydrogen) atoms. The molecular formula is C15H27N3O5Si. The van der Waals surface area contributed by atoms with Gasteiger partial charge in [0.2, 0.25) is 0 Å². The summed E-state index contributed by atoms with van der Waals surface area (Å²) in [5, 5.41) is 20.3. The second-order valence-electron chi connectivity index (χ2n) is 6.11. The summed E-state index contributed by atoms with van der Waals surface area (Å²) in [6, 6.07) is 4.20. The van der Waals surface area contributed by atoms with Gasteiger partial charge in [0.1, 0.15) is 24.1 Å². The third-order valence-electron chi connectivity index (χ3n) is 4.93. The van der Waals surface area contributed by atoms with E-state index in [2.05, 4.69) is 25.8 Å². The van der Waals surface area contributed by atoms with E-state index in [9.17, 15) is 15.0 Å². The molecule has 4 unspecified atom stereocenters. The Morgan fingerprint density at radius 3 is 2.50 bits per heavy atom. The molecule has 0 amide bonds. The van der Waals surface area contributed by atoms with Crippen LogP contribution in [-0.2, 0) is 9.16 Å². The maximum Gasteiger partial charge on any atom is 0.351 e. The summed E-state index contributed by atoms with van der Waals surface area (Å²) < 4.78 is 13.2. The van der Waals surface area contributed by atoms with Crippen LogP contribution in [0.5, 0.6) is 0 Å². The number of hydrogen-bond acceptors (Lipinski definition) is 7. The summed E-state index contributed by atoms with van der Waals surface area (Å²) >= 11 is 0. The van der Waals surface area contributed by atoms with Gasteiger partial charge in [-0.15, -0.1) is 0 Å². The number of aliphatic hydroxyl groups is 2. The summed E-state index contributed by atoms with van der Waals surface area (Å²) in [7, 11) is -2.01. The van der Waals surface area contributed by atoms with Gasteiger partial charge in [-0.25, -0.2) is 4.79 Å². The van der Waals surface area contributed by atoms with Crippen molar-refractivity contribution < 1.29 is 19.4 Å². The predicted molar refractivity (Wildman–Crippen MR) is 92.0 cm³/mol. The molecule has 0 bridgehead atoms. The quantitative estimate of drug-likeness (QED) is 0.607. The molecule has 0 aliphatic carbocycles. The Kier molecular flexibility index (Phi) is 6.15. The first-order valence-corrected chi connectivity index (χ1v) is 10.9. The van der Waals surface area contributed by atoms with Crippen molar-refractivity contribution in [3.63, 3.8) is 0 Å². The normalized spacial score (nSPS) is 27.5. The topological polar surface area (TPSA) is 120 Å². The van der Waals surface area contributed by atoms with Crippen LogP contribution in [0.2, 0.25) is 18.1 Å². The Labute approximate surface area is 142 Å². The van der Waals surface area contributed by atoms with E-state index in [0.717, 1.165) is 18.1 Å². The molecule has 1 aromatic rings. The molecule has 1 saturated heterocycles. The maximum absolute atomic E-state index is 12.0. The van der Waals surface area contributed by atoms with Crippen molar-refractivity contribution >= 4 is 14.1 Å². The maximum atomic E-state index is 12.0. The molecule has 1 aliphatic rings. The van der Waals surface area contributed by atoms with Crippen LogP contribution < -0.4 is 11.4 Å². The van der Waals surface area contributed by atoms with Crippen LogP contribution >= 0.6 is 0 Å². The number of ether oxygens (including phenoxy) is 1. The van der Waals surface area contributed by atoms with Crippen LogP contribution in [0.1, 0.15) is 27.0 Å². The monoisotopic (exact) mass is 357 g/mol. The summed E-state index contributed by atoms with van der Waals surface area (Å²) in [5.41, 5.74) is 4.88. The van der Waals surface area contributed by atoms with E-state index in [-0.39, 0.29) is 12.4 Å². The fraction of sp³-hybridized carbons (Fsp3) is 0.733. The molecule has 0 radical (unpaired) electrons. The zero-order valence-corrected chi connectivity index (χ0v) is 15.4. The SMILES string of the molecule is CC[Si](CC)(CC)OC1C(CO)OC(n2ccc(N)nc2=O)C1O. The molecule has 0 saturated carbocycles. The third-order valence-corrected chi connectivity index (χ3v) is 9.57. The lowest BCUT2D eigenvalue weighted by Gasteiger charge is -2.34. The van der Waals surface area contributed by atoms with Crippen molar-refractivity contribution in [3.05, 3.63) is 22.7 Å². The minimum atomic E-state index is -2.01. The molecule has 136 valence electrons. The van der Waals surface area contributed by atoms with Crippen molar-refractivity contribution in [2.45, 2.75) is 63.4 Å². The predicted octanol–water partition coefficient (Wildman–Crippen LogP) is 0.466. The first kappa shape index (κ1) is 19.1. The molecule has 4 atom stereocenters. The van der Waals surface area contributed by atoms with E-state index in [0.29, 0.717) is 0 Å². The Morgan fingerprint density at radius 2 is 2.00 bits per heavy atom. The van der Waals surface area contributed by atoms with E-state index < -0.39 is 38.5 Å². The van der Waals surface area contributed by atoms with Gasteiger partial charge >= 0.3 is 5.69 Å². The van der Waals surface area contributed by atoms with Crippen molar-refractivity contribution in [1.29, 1.82) is 0 Å². The second-order valence-corrected chi connectivity index (χ2v) is 10.8. The van der Waals surface area contributed by atoms with E-state index in [1.54, 1.807) is 0 Å². The van der Waals surface area contributed by atoms with Gasteiger partial charge < -0.3 is 25.1 Å². The van der Waals surface area contributed by atoms with Crippen LogP contribution in [0, 0.1) is 0 Å². The smallest absolute Gasteiger partial charge is 0.351 e. The minimum Gasteiger partial charge on any atom is -0.408 e. The average molecular weight is 357 g/mol. The third kappa shape index (κ3) is 3.54. The fourth-order valence-corrected chi connectivity index (χ4v) is 6.02. The van der Waals surface area contributed by atoms with Gasteiger partial charge in [-0.05, 0) is 24.2 Å². The average Bonchev–Trinajstić information content (AvgIpc) is 2.88. The zero-order valence-electron chi connectivity index (χ0n) is 14.4. The summed E-state index contributed by atoms with van der Waals surface area (Å²) in [4.78, 5) is 15.7. The number of aromatic nitrogens is 2. The number of rotatable bonds is 7. The molecule has 1 aliphatic heterocycles. The van der Waals surface area contributed by atoms with Crippen LogP contribution in [0.25, 0.3) is 0 Å². The highest BCUT2D eigenvalue weighted by molar-refractivity contribution is 6.73. The molecule has 4 N–H and O–H groups in total. The Hall–Kier alpha value is -1.26. The molecule has 1 fully saturated rings. The van der Waals surface area contributed by atoms with E-state index in [4.69, 9.17) is 14.9 Å². The number of nitrogen functional groups attached to an aromatic ring is 1. The number of nitrogens with zero attached hydrogens (tertiary/aromatic N) is 2. The highest BCUT2D eigenvalue weighted by atomic mass is 28.4. The van der Waals surface area contributed by atoms with Gasteiger partial charge in [-0.2, -0.15) is 4.98 Å². The lowest BCUT2D eigenvalue weighted by atomic mass is 10.1. The lowest BCUT2D eigenvalue weighted by Crippen LogP contribution is -2.47. The largest absolute Gasteiger partial charge is 0.408 e. The Balaban J connectivity index is 2.29. The van der Waals surface area contributed by atoms with Crippen LogP contribution in [-0.4, -0.2) is 53.0 Å². The molecule has 1 aromatic heterocycles. The second kappa shape index (κ2) is 7.75. The lowest BCUT2D eigenvalue weighted by molar-refractivity contribution is -0.0545. The van der Waals surface area contributed by atoms with Crippen LogP contribution in [0.3, 0.4) is 0 Å². The fourth-order valence-electron chi connectivity index (χ4n) is 3.15. The summed E-state index contributed by atoms with van der Waals surface area (Å²) in [6.07, 6.45) is -1.95.